The highest BCUT2D eigenvalue weighted by molar-refractivity contribution is 5.95. The van der Waals surface area contributed by atoms with Crippen LogP contribution in [0.4, 0.5) is 0 Å². The lowest BCUT2D eigenvalue weighted by molar-refractivity contribution is -0.131. The first-order chi connectivity index (χ1) is 9.58. The third-order valence-electron chi connectivity index (χ3n) is 2.98. The van der Waals surface area contributed by atoms with Gasteiger partial charge in [-0.15, -0.1) is 12.4 Å². The Bertz CT molecular complexity index is 449. The molecule has 0 aliphatic carbocycles. The first-order valence-corrected chi connectivity index (χ1v) is 6.73. The fraction of sp³-hybridized carbons (Fsp3) is 0.467. The second-order valence-electron chi connectivity index (χ2n) is 4.51. The Kier molecular flexibility index (Phi) is 9.41. The van der Waals surface area contributed by atoms with Gasteiger partial charge in [-0.05, 0) is 31.3 Å². The average molecular weight is 315 g/mol. The monoisotopic (exact) mass is 314 g/mol. The minimum absolute atomic E-state index is 0. The molecule has 0 saturated heterocycles. The van der Waals surface area contributed by atoms with Crippen molar-refractivity contribution >= 4 is 24.1 Å². The Hall–Kier alpha value is -1.59. The predicted molar refractivity (Wildman–Crippen MR) is 85.4 cm³/mol. The molecule has 5 nitrogen and oxygen atoms in total. The van der Waals surface area contributed by atoms with Gasteiger partial charge in [-0.25, -0.2) is 0 Å². The molecule has 0 atom stereocenters. The van der Waals surface area contributed by atoms with E-state index >= 15 is 0 Å². The number of ether oxygens (including phenoxy) is 1. The van der Waals surface area contributed by atoms with Crippen LogP contribution < -0.4 is 10.1 Å². The molecule has 1 aromatic carbocycles. The van der Waals surface area contributed by atoms with Crippen molar-refractivity contribution in [2.75, 3.05) is 33.8 Å². The zero-order chi connectivity index (χ0) is 15.0. The van der Waals surface area contributed by atoms with E-state index in [1.807, 2.05) is 14.0 Å². The Morgan fingerprint density at radius 3 is 2.38 bits per heavy atom. The number of nitrogens with zero attached hydrogens (tertiary/aromatic N) is 1. The molecule has 1 N–H and O–H groups in total. The van der Waals surface area contributed by atoms with E-state index in [4.69, 9.17) is 4.74 Å². The van der Waals surface area contributed by atoms with Gasteiger partial charge in [-0.1, -0.05) is 6.92 Å². The standard InChI is InChI=1S/C15H22N2O3.ClH/c1-4-14(18)12-5-7-13(8-6-12)20-11-15(19)17(3)10-9-16-2;/h5-8,16H,4,9-11H2,1-3H3;1H. The molecule has 21 heavy (non-hydrogen) atoms. The molecule has 0 aromatic heterocycles. The summed E-state index contributed by atoms with van der Waals surface area (Å²) in [5.41, 5.74) is 0.664. The SMILES string of the molecule is CCC(=O)c1ccc(OCC(=O)N(C)CCNC)cc1.Cl. The zero-order valence-corrected chi connectivity index (χ0v) is 13.5. The van der Waals surface area contributed by atoms with Gasteiger partial charge in [0.05, 0.1) is 0 Å². The van der Waals surface area contributed by atoms with Crippen LogP contribution in [0.2, 0.25) is 0 Å². The number of carbonyl (C=O) groups is 2. The van der Waals surface area contributed by atoms with Gasteiger partial charge < -0.3 is 15.0 Å². The molecule has 0 spiro atoms. The zero-order valence-electron chi connectivity index (χ0n) is 12.7. The van der Waals surface area contributed by atoms with Crippen LogP contribution >= 0.6 is 12.4 Å². The second-order valence-corrected chi connectivity index (χ2v) is 4.51. The third-order valence-corrected chi connectivity index (χ3v) is 2.98. The maximum Gasteiger partial charge on any atom is 0.260 e. The summed E-state index contributed by atoms with van der Waals surface area (Å²) in [7, 11) is 3.58. The van der Waals surface area contributed by atoms with E-state index in [0.29, 0.717) is 24.3 Å². The minimum atomic E-state index is -0.0750. The summed E-state index contributed by atoms with van der Waals surface area (Å²) in [5.74, 6) is 0.612. The average Bonchev–Trinajstić information content (AvgIpc) is 2.49. The summed E-state index contributed by atoms with van der Waals surface area (Å²) < 4.78 is 5.41. The van der Waals surface area contributed by atoms with Crippen LogP contribution in [0.1, 0.15) is 23.7 Å². The molecule has 0 aliphatic heterocycles. The lowest BCUT2D eigenvalue weighted by Gasteiger charge is -2.17. The number of hydrogen-bond donors (Lipinski definition) is 1. The number of amides is 1. The first kappa shape index (κ1) is 19.4. The van der Waals surface area contributed by atoms with Crippen molar-refractivity contribution < 1.29 is 14.3 Å². The molecule has 0 fully saturated rings. The summed E-state index contributed by atoms with van der Waals surface area (Å²) in [5, 5.41) is 2.98. The maximum atomic E-state index is 11.8. The highest BCUT2D eigenvalue weighted by atomic mass is 35.5. The van der Waals surface area contributed by atoms with Gasteiger partial charge in [-0.2, -0.15) is 0 Å². The number of benzene rings is 1. The van der Waals surface area contributed by atoms with Crippen LogP contribution in [0.3, 0.4) is 0 Å². The van der Waals surface area contributed by atoms with Gasteiger partial charge in [0.15, 0.2) is 12.4 Å². The quantitative estimate of drug-likeness (QED) is 0.743. The molecule has 6 heteroatoms. The van der Waals surface area contributed by atoms with Gasteiger partial charge in [-0.3, -0.25) is 9.59 Å². The second kappa shape index (κ2) is 10.2. The number of Topliss-reactive ketones (excluding diaryl/α,β-unsaturated/α-hetero) is 1. The summed E-state index contributed by atoms with van der Waals surface area (Å²) in [6.45, 7) is 3.21. The minimum Gasteiger partial charge on any atom is -0.484 e. The van der Waals surface area contributed by atoms with Gasteiger partial charge in [0.1, 0.15) is 5.75 Å². The predicted octanol–water partition coefficient (Wildman–Crippen LogP) is 1.76. The molecule has 1 rings (SSSR count). The van der Waals surface area contributed by atoms with E-state index in [0.717, 1.165) is 6.54 Å². The van der Waals surface area contributed by atoms with Crippen LogP contribution in [0.15, 0.2) is 24.3 Å². The summed E-state index contributed by atoms with van der Waals surface area (Å²) in [6.07, 6.45) is 0.481. The first-order valence-electron chi connectivity index (χ1n) is 6.73. The van der Waals surface area contributed by atoms with E-state index in [2.05, 4.69) is 5.32 Å². The van der Waals surface area contributed by atoms with Crippen molar-refractivity contribution in [3.05, 3.63) is 29.8 Å². The Morgan fingerprint density at radius 2 is 1.86 bits per heavy atom. The molecule has 1 aromatic rings. The summed E-state index contributed by atoms with van der Waals surface area (Å²) >= 11 is 0. The van der Waals surface area contributed by atoms with Gasteiger partial charge in [0, 0.05) is 32.1 Å². The number of hydrogen-bond acceptors (Lipinski definition) is 4. The molecule has 0 saturated carbocycles. The molecule has 0 unspecified atom stereocenters. The fourth-order valence-corrected chi connectivity index (χ4v) is 1.60. The number of ketones is 1. The van der Waals surface area contributed by atoms with Gasteiger partial charge in [0.2, 0.25) is 0 Å². The summed E-state index contributed by atoms with van der Waals surface area (Å²) in [6, 6.07) is 6.86. The van der Waals surface area contributed by atoms with Crippen LogP contribution in [-0.2, 0) is 4.79 Å². The highest BCUT2D eigenvalue weighted by Gasteiger charge is 2.09. The Balaban J connectivity index is 0.00000400. The highest BCUT2D eigenvalue weighted by Crippen LogP contribution is 2.13. The van der Waals surface area contributed by atoms with Crippen LogP contribution in [-0.4, -0.2) is 50.4 Å². The van der Waals surface area contributed by atoms with E-state index < -0.39 is 0 Å². The van der Waals surface area contributed by atoms with Crippen molar-refractivity contribution in [2.45, 2.75) is 13.3 Å². The summed E-state index contributed by atoms with van der Waals surface area (Å²) in [4.78, 5) is 24.9. The van der Waals surface area contributed by atoms with Crippen LogP contribution in [0.25, 0.3) is 0 Å². The molecular formula is C15H23ClN2O3. The largest absolute Gasteiger partial charge is 0.484 e. The van der Waals surface area contributed by atoms with E-state index in [-0.39, 0.29) is 30.7 Å². The Labute approximate surface area is 132 Å². The smallest absolute Gasteiger partial charge is 0.260 e. The van der Waals surface area contributed by atoms with Crippen molar-refractivity contribution in [2.24, 2.45) is 0 Å². The Morgan fingerprint density at radius 1 is 1.24 bits per heavy atom. The molecule has 0 heterocycles. The number of carbonyl (C=O) groups excluding carboxylic acids is 2. The van der Waals surface area contributed by atoms with E-state index in [9.17, 15) is 9.59 Å². The third kappa shape index (κ3) is 6.60. The van der Waals surface area contributed by atoms with Gasteiger partial charge >= 0.3 is 0 Å². The lowest BCUT2D eigenvalue weighted by atomic mass is 10.1. The van der Waals surface area contributed by atoms with Crippen molar-refractivity contribution in [1.29, 1.82) is 0 Å². The lowest BCUT2D eigenvalue weighted by Crippen LogP contribution is -2.35. The molecule has 0 radical (unpaired) electrons. The normalized spacial score (nSPS) is 9.67. The van der Waals surface area contributed by atoms with Crippen molar-refractivity contribution in [3.8, 4) is 5.75 Å². The fourth-order valence-electron chi connectivity index (χ4n) is 1.60. The maximum absolute atomic E-state index is 11.8. The van der Waals surface area contributed by atoms with E-state index in [1.54, 1.807) is 36.2 Å². The van der Waals surface area contributed by atoms with Crippen molar-refractivity contribution in [3.63, 3.8) is 0 Å². The molecule has 1 amide bonds. The molecule has 0 aliphatic rings. The number of nitrogens with one attached hydrogen (secondary N) is 1. The number of likely N-dealkylation sites (N-methyl/N-ethyl adjacent to an activating group) is 2. The number of rotatable bonds is 8. The molecule has 0 bridgehead atoms. The molecular weight excluding hydrogens is 292 g/mol. The molecule has 118 valence electrons. The van der Waals surface area contributed by atoms with Crippen molar-refractivity contribution in [1.82, 2.24) is 10.2 Å². The topological polar surface area (TPSA) is 58.6 Å². The number of halogens is 1. The van der Waals surface area contributed by atoms with Gasteiger partial charge in [0.25, 0.3) is 5.91 Å². The van der Waals surface area contributed by atoms with Crippen LogP contribution in [0.5, 0.6) is 5.75 Å². The van der Waals surface area contributed by atoms with E-state index in [1.165, 1.54) is 0 Å². The van der Waals surface area contributed by atoms with Crippen LogP contribution in [0, 0.1) is 0 Å².